The predicted octanol–water partition coefficient (Wildman–Crippen LogP) is 0.521. The zero-order chi connectivity index (χ0) is 13.0. The van der Waals surface area contributed by atoms with Crippen LogP contribution in [0.2, 0.25) is 0 Å². The molecule has 90 valence electrons. The first-order valence-electron chi connectivity index (χ1n) is 4.59. The van der Waals surface area contributed by atoms with Gasteiger partial charge in [-0.05, 0) is 12.1 Å². The van der Waals surface area contributed by atoms with E-state index in [4.69, 9.17) is 15.1 Å². The number of aliphatic hydroxyl groups excluding tert-OH is 2. The maximum atomic E-state index is 10.8. The highest BCUT2D eigenvalue weighted by Gasteiger charge is 2.26. The molecule has 2 N–H and O–H groups in total. The van der Waals surface area contributed by atoms with Crippen molar-refractivity contribution in [3.05, 3.63) is 33.9 Å². The Hall–Kier alpha value is -2.17. The topological polar surface area (TPSA) is 117 Å². The molecule has 0 aromatic heterocycles. The molecular formula is C10H10N2O5. The molecule has 1 aromatic carbocycles. The van der Waals surface area contributed by atoms with Gasteiger partial charge in [-0.2, -0.15) is 5.26 Å². The molecule has 0 amide bonds. The van der Waals surface area contributed by atoms with Crippen molar-refractivity contribution in [2.45, 2.75) is 12.2 Å². The molecule has 0 heterocycles. The van der Waals surface area contributed by atoms with Crippen LogP contribution < -0.4 is 4.74 Å². The Bertz CT molecular complexity index is 468. The minimum atomic E-state index is -1.72. The van der Waals surface area contributed by atoms with E-state index < -0.39 is 22.8 Å². The molecule has 1 rings (SSSR count). The van der Waals surface area contributed by atoms with E-state index in [1.807, 2.05) is 0 Å². The van der Waals surface area contributed by atoms with Gasteiger partial charge in [-0.1, -0.05) is 0 Å². The summed E-state index contributed by atoms with van der Waals surface area (Å²) in [6.45, 7) is 0. The first-order valence-corrected chi connectivity index (χ1v) is 4.59. The van der Waals surface area contributed by atoms with Crippen molar-refractivity contribution in [3.63, 3.8) is 0 Å². The lowest BCUT2D eigenvalue weighted by molar-refractivity contribution is -0.386. The van der Waals surface area contributed by atoms with E-state index in [0.29, 0.717) is 0 Å². The van der Waals surface area contributed by atoms with Crippen LogP contribution in [0.15, 0.2) is 18.2 Å². The fraction of sp³-hybridized carbons (Fsp3) is 0.300. The van der Waals surface area contributed by atoms with E-state index in [0.717, 1.165) is 6.07 Å². The standard InChI is InChI=1S/C10H10N2O5/c1-17-6-2-3-7(8(4-6)12(15)16)10(14)9(13)5-11/h2-4,9-10,13-14H,1H3. The van der Waals surface area contributed by atoms with Crippen LogP contribution in [0, 0.1) is 21.4 Å². The normalized spacial score (nSPS) is 13.5. The number of nitro benzene ring substituents is 1. The van der Waals surface area contributed by atoms with Crippen LogP contribution in [0.25, 0.3) is 0 Å². The average molecular weight is 238 g/mol. The Morgan fingerprint density at radius 1 is 1.53 bits per heavy atom. The maximum Gasteiger partial charge on any atom is 0.279 e. The smallest absolute Gasteiger partial charge is 0.279 e. The average Bonchev–Trinajstić information content (AvgIpc) is 2.35. The van der Waals surface area contributed by atoms with E-state index in [1.165, 1.54) is 25.3 Å². The van der Waals surface area contributed by atoms with Crippen LogP contribution >= 0.6 is 0 Å². The van der Waals surface area contributed by atoms with Crippen LogP contribution in [0.3, 0.4) is 0 Å². The number of nitro groups is 1. The number of aliphatic hydroxyl groups is 2. The Labute approximate surface area is 96.6 Å². The molecule has 7 heteroatoms. The number of hydrogen-bond donors (Lipinski definition) is 2. The number of methoxy groups -OCH3 is 1. The summed E-state index contributed by atoms with van der Waals surface area (Å²) in [6, 6.07) is 5.16. The summed E-state index contributed by atoms with van der Waals surface area (Å²) >= 11 is 0. The maximum absolute atomic E-state index is 10.8. The van der Waals surface area contributed by atoms with Gasteiger partial charge in [0.25, 0.3) is 5.69 Å². The lowest BCUT2D eigenvalue weighted by atomic mass is 10.0. The highest BCUT2D eigenvalue weighted by Crippen LogP contribution is 2.30. The molecule has 2 atom stereocenters. The summed E-state index contributed by atoms with van der Waals surface area (Å²) in [5, 5.41) is 37.9. The van der Waals surface area contributed by atoms with Gasteiger partial charge in [-0.3, -0.25) is 10.1 Å². The molecule has 0 saturated carbocycles. The van der Waals surface area contributed by atoms with Crippen LogP contribution in [0.1, 0.15) is 11.7 Å². The third-order valence-corrected chi connectivity index (χ3v) is 2.18. The summed E-state index contributed by atoms with van der Waals surface area (Å²) in [6.07, 6.45) is -3.35. The number of hydrogen-bond acceptors (Lipinski definition) is 6. The van der Waals surface area contributed by atoms with Gasteiger partial charge in [0.1, 0.15) is 11.9 Å². The molecule has 17 heavy (non-hydrogen) atoms. The van der Waals surface area contributed by atoms with Crippen molar-refractivity contribution in [2.75, 3.05) is 7.11 Å². The van der Waals surface area contributed by atoms with E-state index in [1.54, 1.807) is 0 Å². The number of ether oxygens (including phenoxy) is 1. The SMILES string of the molecule is COc1ccc(C(O)C(O)C#N)c([N+](=O)[O-])c1. The summed E-state index contributed by atoms with van der Waals surface area (Å²) in [5.74, 6) is 0.249. The Balaban J connectivity index is 3.24. The molecule has 0 aliphatic carbocycles. The zero-order valence-corrected chi connectivity index (χ0v) is 8.90. The minimum absolute atomic E-state index is 0.134. The molecule has 2 unspecified atom stereocenters. The molecule has 0 bridgehead atoms. The number of nitriles is 1. The lowest BCUT2D eigenvalue weighted by Gasteiger charge is -2.12. The summed E-state index contributed by atoms with van der Waals surface area (Å²) < 4.78 is 4.81. The Morgan fingerprint density at radius 3 is 2.65 bits per heavy atom. The number of rotatable bonds is 4. The van der Waals surface area contributed by atoms with Gasteiger partial charge in [0.15, 0.2) is 6.10 Å². The van der Waals surface area contributed by atoms with Crippen molar-refractivity contribution in [2.24, 2.45) is 0 Å². The third-order valence-electron chi connectivity index (χ3n) is 2.18. The summed E-state index contributed by atoms with van der Waals surface area (Å²) in [4.78, 5) is 10.1. The molecule has 0 aliphatic heterocycles. The largest absolute Gasteiger partial charge is 0.497 e. The molecule has 0 radical (unpaired) electrons. The summed E-state index contributed by atoms with van der Waals surface area (Å²) in [7, 11) is 1.35. The second kappa shape index (κ2) is 5.25. The van der Waals surface area contributed by atoms with Gasteiger partial charge >= 0.3 is 0 Å². The number of benzene rings is 1. The minimum Gasteiger partial charge on any atom is -0.497 e. The van der Waals surface area contributed by atoms with Crippen LogP contribution in [-0.2, 0) is 0 Å². The monoisotopic (exact) mass is 238 g/mol. The Morgan fingerprint density at radius 2 is 2.18 bits per heavy atom. The number of nitrogens with zero attached hydrogens (tertiary/aromatic N) is 2. The van der Waals surface area contributed by atoms with Crippen molar-refractivity contribution >= 4 is 5.69 Å². The van der Waals surface area contributed by atoms with Crippen LogP contribution in [-0.4, -0.2) is 28.4 Å². The molecule has 1 aromatic rings. The highest BCUT2D eigenvalue weighted by atomic mass is 16.6. The molecule has 0 fully saturated rings. The summed E-state index contributed by atoms with van der Waals surface area (Å²) in [5.41, 5.74) is -0.545. The molecular weight excluding hydrogens is 228 g/mol. The van der Waals surface area contributed by atoms with E-state index in [2.05, 4.69) is 0 Å². The van der Waals surface area contributed by atoms with Crippen molar-refractivity contribution in [3.8, 4) is 11.8 Å². The third kappa shape index (κ3) is 2.69. The zero-order valence-electron chi connectivity index (χ0n) is 8.90. The first kappa shape index (κ1) is 12.9. The van der Waals surface area contributed by atoms with Gasteiger partial charge in [0.05, 0.1) is 29.7 Å². The van der Waals surface area contributed by atoms with Gasteiger partial charge in [0.2, 0.25) is 0 Å². The van der Waals surface area contributed by atoms with Crippen LogP contribution in [0.5, 0.6) is 5.75 Å². The van der Waals surface area contributed by atoms with Gasteiger partial charge in [-0.15, -0.1) is 0 Å². The first-order chi connectivity index (χ1) is 8.01. The van der Waals surface area contributed by atoms with Crippen molar-refractivity contribution < 1.29 is 19.9 Å². The van der Waals surface area contributed by atoms with Gasteiger partial charge < -0.3 is 14.9 Å². The second-order valence-corrected chi connectivity index (χ2v) is 3.20. The highest BCUT2D eigenvalue weighted by molar-refractivity contribution is 5.47. The quantitative estimate of drug-likeness (QED) is 0.448. The fourth-order valence-corrected chi connectivity index (χ4v) is 1.30. The Kier molecular flexibility index (Phi) is 3.98. The van der Waals surface area contributed by atoms with Crippen LogP contribution in [0.4, 0.5) is 5.69 Å². The van der Waals surface area contributed by atoms with E-state index in [-0.39, 0.29) is 11.3 Å². The predicted molar refractivity (Wildman–Crippen MR) is 56.2 cm³/mol. The lowest BCUT2D eigenvalue weighted by Crippen LogP contribution is -2.17. The molecule has 7 nitrogen and oxygen atoms in total. The van der Waals surface area contributed by atoms with Gasteiger partial charge in [-0.25, -0.2) is 0 Å². The molecule has 0 aliphatic rings. The fourth-order valence-electron chi connectivity index (χ4n) is 1.30. The van der Waals surface area contributed by atoms with E-state index in [9.17, 15) is 15.2 Å². The van der Waals surface area contributed by atoms with Gasteiger partial charge in [0, 0.05) is 0 Å². The van der Waals surface area contributed by atoms with Crippen molar-refractivity contribution in [1.29, 1.82) is 5.26 Å². The molecule has 0 saturated heterocycles. The van der Waals surface area contributed by atoms with E-state index >= 15 is 0 Å². The second-order valence-electron chi connectivity index (χ2n) is 3.20. The molecule has 0 spiro atoms. The van der Waals surface area contributed by atoms with Crippen molar-refractivity contribution in [1.82, 2.24) is 0 Å².